The Hall–Kier alpha value is -1.92. The third-order valence-electron chi connectivity index (χ3n) is 6.58. The molecule has 0 heterocycles. The fourth-order valence-electron chi connectivity index (χ4n) is 3.96. The van der Waals surface area contributed by atoms with E-state index in [4.69, 9.17) is 19.6 Å². The van der Waals surface area contributed by atoms with Crippen LogP contribution >= 0.6 is 0 Å². The lowest BCUT2D eigenvalue weighted by Crippen LogP contribution is -2.26. The van der Waals surface area contributed by atoms with Crippen molar-refractivity contribution in [2.75, 3.05) is 0 Å². The van der Waals surface area contributed by atoms with Gasteiger partial charge in [-0.15, -0.1) is 0 Å². The van der Waals surface area contributed by atoms with Gasteiger partial charge in [0.1, 0.15) is 11.2 Å². The summed E-state index contributed by atoms with van der Waals surface area (Å²) in [6, 6.07) is 7.60. The topological polar surface area (TPSA) is 71.1 Å². The summed E-state index contributed by atoms with van der Waals surface area (Å²) in [5.41, 5.74) is 0.709. The highest BCUT2D eigenvalue weighted by atomic mass is 17.2. The van der Waals surface area contributed by atoms with Crippen LogP contribution in [-0.2, 0) is 40.3 Å². The smallest absolute Gasteiger partial charge is 0.297 e. The van der Waals surface area contributed by atoms with E-state index in [0.717, 1.165) is 62.5 Å². The Bertz CT molecular complexity index is 769. The molecule has 6 nitrogen and oxygen atoms in total. The number of rotatable bonds is 16. The second-order valence-corrected chi connectivity index (χ2v) is 13.9. The van der Waals surface area contributed by atoms with E-state index >= 15 is 0 Å². The standard InChI is InChI=1S/C32H54O6/c1-29(2,3)23-15-11-13-17-27(33)35-37-31(7,8)25-19-21-26(22-20-25)32(9,10)38-36-28(34)18-14-12-16-24-30(4,5)6/h19-22H,11-18,23-24H2,1-10H3. The van der Waals surface area contributed by atoms with Crippen molar-refractivity contribution < 1.29 is 29.1 Å². The number of hydrogen-bond donors (Lipinski definition) is 0. The molecule has 1 rings (SSSR count). The second-order valence-electron chi connectivity index (χ2n) is 13.9. The first-order valence-electron chi connectivity index (χ1n) is 14.3. The second kappa shape index (κ2) is 15.0. The molecule has 0 radical (unpaired) electrons. The van der Waals surface area contributed by atoms with Crippen LogP contribution < -0.4 is 0 Å². The first-order valence-corrected chi connectivity index (χ1v) is 14.3. The summed E-state index contributed by atoms with van der Waals surface area (Å²) in [4.78, 5) is 45.5. The maximum Gasteiger partial charge on any atom is 0.342 e. The molecule has 0 aliphatic heterocycles. The van der Waals surface area contributed by atoms with E-state index in [1.165, 1.54) is 0 Å². The van der Waals surface area contributed by atoms with Crippen molar-refractivity contribution >= 4 is 11.9 Å². The van der Waals surface area contributed by atoms with Crippen LogP contribution in [0.25, 0.3) is 0 Å². The maximum absolute atomic E-state index is 12.1. The largest absolute Gasteiger partial charge is 0.342 e. The molecule has 0 aliphatic rings. The molecule has 0 amide bonds. The molecule has 1 aromatic rings. The summed E-state index contributed by atoms with van der Waals surface area (Å²) in [5.74, 6) is -0.702. The van der Waals surface area contributed by atoms with Crippen molar-refractivity contribution in [1.29, 1.82) is 0 Å². The van der Waals surface area contributed by atoms with E-state index in [-0.39, 0.29) is 11.9 Å². The molecule has 0 fully saturated rings. The van der Waals surface area contributed by atoms with E-state index in [0.29, 0.717) is 23.7 Å². The average molecular weight is 535 g/mol. The molecular formula is C32H54O6. The molecule has 0 saturated heterocycles. The van der Waals surface area contributed by atoms with Crippen molar-refractivity contribution in [2.45, 2.75) is 145 Å². The van der Waals surface area contributed by atoms with E-state index in [9.17, 15) is 9.59 Å². The molecule has 0 bridgehead atoms. The van der Waals surface area contributed by atoms with E-state index < -0.39 is 11.2 Å². The predicted octanol–water partition coefficient (Wildman–Crippen LogP) is 9.10. The fraction of sp³-hybridized carbons (Fsp3) is 0.750. The Kier molecular flexibility index (Phi) is 13.5. The number of carbonyl (C=O) groups excluding carboxylic acids is 2. The Morgan fingerprint density at radius 1 is 0.526 bits per heavy atom. The highest BCUT2D eigenvalue weighted by Gasteiger charge is 2.28. The van der Waals surface area contributed by atoms with Gasteiger partial charge in [0.25, 0.3) is 0 Å². The first kappa shape index (κ1) is 34.1. The van der Waals surface area contributed by atoms with Gasteiger partial charge in [-0.2, -0.15) is 9.78 Å². The van der Waals surface area contributed by atoms with Crippen LogP contribution in [0.15, 0.2) is 24.3 Å². The molecule has 0 aliphatic carbocycles. The van der Waals surface area contributed by atoms with Gasteiger partial charge >= 0.3 is 11.9 Å². The van der Waals surface area contributed by atoms with E-state index in [1.807, 2.05) is 52.0 Å². The summed E-state index contributed by atoms with van der Waals surface area (Å²) in [7, 11) is 0. The van der Waals surface area contributed by atoms with Gasteiger partial charge in [-0.25, -0.2) is 9.59 Å². The van der Waals surface area contributed by atoms with Gasteiger partial charge in [-0.3, -0.25) is 9.78 Å². The van der Waals surface area contributed by atoms with Crippen molar-refractivity contribution in [2.24, 2.45) is 10.8 Å². The minimum absolute atomic E-state index is 0.320. The minimum Gasteiger partial charge on any atom is -0.297 e. The summed E-state index contributed by atoms with van der Waals surface area (Å²) in [5, 5.41) is 0. The predicted molar refractivity (Wildman–Crippen MR) is 152 cm³/mol. The third-order valence-corrected chi connectivity index (χ3v) is 6.58. The van der Waals surface area contributed by atoms with Gasteiger partial charge in [0, 0.05) is 12.8 Å². The number of hydrogen-bond acceptors (Lipinski definition) is 6. The van der Waals surface area contributed by atoms with Crippen molar-refractivity contribution in [1.82, 2.24) is 0 Å². The molecule has 0 aromatic heterocycles. The van der Waals surface area contributed by atoms with Crippen LogP contribution in [0.1, 0.15) is 145 Å². The van der Waals surface area contributed by atoms with Crippen molar-refractivity contribution in [3.8, 4) is 0 Å². The Morgan fingerprint density at radius 3 is 1.13 bits per heavy atom. The fourth-order valence-corrected chi connectivity index (χ4v) is 3.96. The summed E-state index contributed by atoms with van der Waals surface area (Å²) in [6.07, 6.45) is 8.78. The average Bonchev–Trinajstić information content (AvgIpc) is 2.80. The lowest BCUT2D eigenvalue weighted by atomic mass is 9.89. The van der Waals surface area contributed by atoms with Crippen molar-refractivity contribution in [3.05, 3.63) is 35.4 Å². The molecular weight excluding hydrogens is 480 g/mol. The van der Waals surface area contributed by atoms with Gasteiger partial charge < -0.3 is 0 Å². The summed E-state index contributed by atoms with van der Waals surface area (Å²) < 4.78 is 0. The Morgan fingerprint density at radius 2 is 0.842 bits per heavy atom. The quantitative estimate of drug-likeness (QED) is 0.120. The third kappa shape index (κ3) is 14.9. The lowest BCUT2D eigenvalue weighted by Gasteiger charge is -2.26. The molecule has 0 spiro atoms. The molecule has 0 saturated carbocycles. The summed E-state index contributed by atoms with van der Waals surface area (Å²) >= 11 is 0. The zero-order chi connectivity index (χ0) is 29.0. The van der Waals surface area contributed by atoms with Crippen LogP contribution in [0.5, 0.6) is 0 Å². The number of unbranched alkanes of at least 4 members (excludes halogenated alkanes) is 4. The molecule has 1 aromatic carbocycles. The maximum atomic E-state index is 12.1. The number of benzene rings is 1. The SMILES string of the molecule is CC(C)(C)CCCCCC(=O)OOC(C)(C)c1ccc(C(C)(C)OOC(=O)CCCCCC(C)(C)C)cc1. The van der Waals surface area contributed by atoms with Gasteiger partial charge in [0.2, 0.25) is 0 Å². The van der Waals surface area contributed by atoms with Gasteiger partial charge in [0.05, 0.1) is 0 Å². The minimum atomic E-state index is -0.815. The molecule has 218 valence electrons. The van der Waals surface area contributed by atoms with E-state index in [1.54, 1.807) is 0 Å². The van der Waals surface area contributed by atoms with Gasteiger partial charge in [-0.1, -0.05) is 91.5 Å². The highest BCUT2D eigenvalue weighted by molar-refractivity contribution is 5.68. The van der Waals surface area contributed by atoms with Crippen LogP contribution in [0.2, 0.25) is 0 Å². The lowest BCUT2D eigenvalue weighted by molar-refractivity contribution is -0.330. The number of carbonyl (C=O) groups is 2. The van der Waals surface area contributed by atoms with Gasteiger partial charge in [0.15, 0.2) is 0 Å². The molecule has 0 N–H and O–H groups in total. The Labute approximate surface area is 232 Å². The first-order chi connectivity index (χ1) is 17.4. The van der Waals surface area contributed by atoms with Crippen LogP contribution in [-0.4, -0.2) is 11.9 Å². The highest BCUT2D eigenvalue weighted by Crippen LogP contribution is 2.30. The molecule has 6 heteroatoms. The van der Waals surface area contributed by atoms with Crippen LogP contribution in [0.3, 0.4) is 0 Å². The molecule has 0 unspecified atom stereocenters. The zero-order valence-electron chi connectivity index (χ0n) is 25.8. The van der Waals surface area contributed by atoms with Gasteiger partial charge in [-0.05, 0) is 75.3 Å². The zero-order valence-corrected chi connectivity index (χ0v) is 25.8. The molecule has 0 atom stereocenters. The monoisotopic (exact) mass is 534 g/mol. The Balaban J connectivity index is 2.45. The normalized spacial score (nSPS) is 12.9. The van der Waals surface area contributed by atoms with E-state index in [2.05, 4.69) is 41.5 Å². The van der Waals surface area contributed by atoms with Crippen LogP contribution in [0.4, 0.5) is 0 Å². The molecule has 38 heavy (non-hydrogen) atoms. The van der Waals surface area contributed by atoms with Crippen LogP contribution in [0, 0.1) is 10.8 Å². The van der Waals surface area contributed by atoms with Crippen molar-refractivity contribution in [3.63, 3.8) is 0 Å². The summed E-state index contributed by atoms with van der Waals surface area (Å²) in [6.45, 7) is 20.8.